The fraction of sp³-hybridized carbons (Fsp3) is 0.588. The molecule has 0 unspecified atom stereocenters. The molecule has 0 radical (unpaired) electrons. The molecule has 0 saturated heterocycles. The molecular weight excluding hydrogens is 248 g/mol. The SMILES string of the molecule is CCc1ccc2c(c1)CN(CC(=O)N(C)C)CC21CC1. The van der Waals surface area contributed by atoms with Gasteiger partial charge in [0.2, 0.25) is 5.91 Å². The largest absolute Gasteiger partial charge is 0.348 e. The Balaban J connectivity index is 1.84. The zero-order valence-electron chi connectivity index (χ0n) is 12.8. The van der Waals surface area contributed by atoms with Gasteiger partial charge in [-0.15, -0.1) is 0 Å². The van der Waals surface area contributed by atoms with Crippen molar-refractivity contribution in [3.8, 4) is 0 Å². The number of hydrogen-bond donors (Lipinski definition) is 0. The van der Waals surface area contributed by atoms with E-state index in [0.29, 0.717) is 12.0 Å². The molecule has 1 saturated carbocycles. The van der Waals surface area contributed by atoms with Crippen molar-refractivity contribution >= 4 is 5.91 Å². The minimum atomic E-state index is 0.205. The molecule has 1 aliphatic carbocycles. The van der Waals surface area contributed by atoms with Gasteiger partial charge in [0.05, 0.1) is 6.54 Å². The zero-order chi connectivity index (χ0) is 14.3. The zero-order valence-corrected chi connectivity index (χ0v) is 12.8. The Morgan fingerprint density at radius 3 is 2.70 bits per heavy atom. The van der Waals surface area contributed by atoms with Crippen LogP contribution in [0.15, 0.2) is 18.2 Å². The number of carbonyl (C=O) groups excluding carboxylic acids is 1. The summed E-state index contributed by atoms with van der Waals surface area (Å²) in [6.07, 6.45) is 3.63. The van der Waals surface area contributed by atoms with E-state index in [1.165, 1.54) is 24.0 Å². The fourth-order valence-electron chi connectivity index (χ4n) is 3.35. The van der Waals surface area contributed by atoms with Crippen molar-refractivity contribution in [2.24, 2.45) is 0 Å². The van der Waals surface area contributed by atoms with Gasteiger partial charge in [-0.25, -0.2) is 0 Å². The molecule has 3 rings (SSSR count). The van der Waals surface area contributed by atoms with Gasteiger partial charge in [-0.05, 0) is 36.0 Å². The van der Waals surface area contributed by atoms with Crippen LogP contribution >= 0.6 is 0 Å². The molecule has 3 nitrogen and oxygen atoms in total. The first-order chi connectivity index (χ1) is 9.54. The lowest BCUT2D eigenvalue weighted by Gasteiger charge is -2.35. The lowest BCUT2D eigenvalue weighted by molar-refractivity contribution is -0.130. The molecule has 0 atom stereocenters. The Labute approximate surface area is 121 Å². The van der Waals surface area contributed by atoms with Gasteiger partial charge in [-0.2, -0.15) is 0 Å². The molecule has 2 aliphatic rings. The molecule has 0 N–H and O–H groups in total. The van der Waals surface area contributed by atoms with Gasteiger partial charge in [-0.1, -0.05) is 25.1 Å². The molecule has 3 heteroatoms. The summed E-state index contributed by atoms with van der Waals surface area (Å²) in [6, 6.07) is 6.97. The Bertz CT molecular complexity index is 532. The molecule has 108 valence electrons. The van der Waals surface area contributed by atoms with Gasteiger partial charge in [0, 0.05) is 32.6 Å². The van der Waals surface area contributed by atoms with Crippen molar-refractivity contribution in [1.29, 1.82) is 0 Å². The average Bonchev–Trinajstić information content (AvgIpc) is 3.18. The van der Waals surface area contributed by atoms with Crippen molar-refractivity contribution in [3.05, 3.63) is 34.9 Å². The van der Waals surface area contributed by atoms with Crippen molar-refractivity contribution in [1.82, 2.24) is 9.80 Å². The number of nitrogens with zero attached hydrogens (tertiary/aromatic N) is 2. The van der Waals surface area contributed by atoms with Gasteiger partial charge in [-0.3, -0.25) is 9.69 Å². The smallest absolute Gasteiger partial charge is 0.236 e. The van der Waals surface area contributed by atoms with E-state index in [1.807, 2.05) is 14.1 Å². The van der Waals surface area contributed by atoms with Crippen LogP contribution in [0.5, 0.6) is 0 Å². The summed E-state index contributed by atoms with van der Waals surface area (Å²) >= 11 is 0. The van der Waals surface area contributed by atoms with Crippen molar-refractivity contribution < 1.29 is 4.79 Å². The highest BCUT2D eigenvalue weighted by Crippen LogP contribution is 2.52. The summed E-state index contributed by atoms with van der Waals surface area (Å²) in [6.45, 7) is 4.71. The maximum Gasteiger partial charge on any atom is 0.236 e. The van der Waals surface area contributed by atoms with E-state index in [0.717, 1.165) is 19.5 Å². The number of benzene rings is 1. The van der Waals surface area contributed by atoms with Crippen molar-refractivity contribution in [3.63, 3.8) is 0 Å². The van der Waals surface area contributed by atoms with E-state index in [4.69, 9.17) is 0 Å². The summed E-state index contributed by atoms with van der Waals surface area (Å²) in [5, 5.41) is 0. The van der Waals surface area contributed by atoms with Gasteiger partial charge in [0.25, 0.3) is 0 Å². The second kappa shape index (κ2) is 4.88. The first-order valence-electron chi connectivity index (χ1n) is 7.59. The van der Waals surface area contributed by atoms with Crippen LogP contribution in [0.1, 0.15) is 36.5 Å². The van der Waals surface area contributed by atoms with Gasteiger partial charge in [0.15, 0.2) is 0 Å². The molecule has 20 heavy (non-hydrogen) atoms. The molecule has 1 aromatic carbocycles. The van der Waals surface area contributed by atoms with Gasteiger partial charge in [0.1, 0.15) is 0 Å². The van der Waals surface area contributed by atoms with Gasteiger partial charge >= 0.3 is 0 Å². The molecular formula is C17H24N2O. The van der Waals surface area contributed by atoms with E-state index >= 15 is 0 Å². The highest BCUT2D eigenvalue weighted by Gasteiger charge is 2.49. The van der Waals surface area contributed by atoms with E-state index in [2.05, 4.69) is 30.0 Å². The second-order valence-corrected chi connectivity index (χ2v) is 6.56. The summed E-state index contributed by atoms with van der Waals surface area (Å²) in [7, 11) is 3.67. The number of fused-ring (bicyclic) bond motifs is 2. The van der Waals surface area contributed by atoms with Crippen LogP contribution < -0.4 is 0 Å². The van der Waals surface area contributed by atoms with Crippen LogP contribution in [0, 0.1) is 0 Å². The molecule has 1 aliphatic heterocycles. The Hall–Kier alpha value is -1.35. The van der Waals surface area contributed by atoms with Crippen LogP contribution in [-0.4, -0.2) is 42.9 Å². The molecule has 1 heterocycles. The normalized spacial score (nSPS) is 19.8. The number of amides is 1. The molecule has 1 spiro atoms. The minimum absolute atomic E-state index is 0.205. The summed E-state index contributed by atoms with van der Waals surface area (Å²) in [5.41, 5.74) is 4.75. The fourth-order valence-corrected chi connectivity index (χ4v) is 3.35. The standard InChI is InChI=1S/C17H24N2O/c1-4-13-5-6-15-14(9-13)10-19(11-16(20)18(2)3)12-17(15)7-8-17/h5-6,9H,4,7-8,10-12H2,1-3H3. The van der Waals surface area contributed by atoms with Crippen molar-refractivity contribution in [2.45, 2.75) is 38.1 Å². The van der Waals surface area contributed by atoms with Crippen LogP contribution in [0.3, 0.4) is 0 Å². The molecule has 1 amide bonds. The quantitative estimate of drug-likeness (QED) is 0.842. The number of rotatable bonds is 3. The predicted octanol–water partition coefficient (Wildman–Crippen LogP) is 2.18. The lowest BCUT2D eigenvalue weighted by atomic mass is 9.85. The Morgan fingerprint density at radius 1 is 1.35 bits per heavy atom. The molecule has 1 aromatic rings. The highest BCUT2D eigenvalue weighted by atomic mass is 16.2. The van der Waals surface area contributed by atoms with Crippen LogP contribution in [0.2, 0.25) is 0 Å². The maximum atomic E-state index is 12.0. The lowest BCUT2D eigenvalue weighted by Crippen LogP contribution is -2.43. The molecule has 0 aromatic heterocycles. The van der Waals surface area contributed by atoms with E-state index in [-0.39, 0.29) is 5.91 Å². The predicted molar refractivity (Wildman–Crippen MR) is 80.7 cm³/mol. The van der Waals surface area contributed by atoms with Crippen molar-refractivity contribution in [2.75, 3.05) is 27.2 Å². The monoisotopic (exact) mass is 272 g/mol. The highest BCUT2D eigenvalue weighted by molar-refractivity contribution is 5.77. The number of hydrogen-bond acceptors (Lipinski definition) is 2. The topological polar surface area (TPSA) is 23.6 Å². The van der Waals surface area contributed by atoms with Crippen LogP contribution in [0.25, 0.3) is 0 Å². The number of carbonyl (C=O) groups is 1. The first kappa shape index (κ1) is 13.6. The van der Waals surface area contributed by atoms with E-state index in [9.17, 15) is 4.79 Å². The number of likely N-dealkylation sites (N-methyl/N-ethyl adjacent to an activating group) is 1. The Morgan fingerprint density at radius 2 is 2.10 bits per heavy atom. The molecule has 0 bridgehead atoms. The third-order valence-electron chi connectivity index (χ3n) is 4.78. The third kappa shape index (κ3) is 2.35. The maximum absolute atomic E-state index is 12.0. The summed E-state index contributed by atoms with van der Waals surface area (Å²) in [5.74, 6) is 0.205. The number of aryl methyl sites for hydroxylation is 1. The first-order valence-corrected chi connectivity index (χ1v) is 7.59. The van der Waals surface area contributed by atoms with Crippen LogP contribution in [0.4, 0.5) is 0 Å². The third-order valence-corrected chi connectivity index (χ3v) is 4.78. The summed E-state index contributed by atoms with van der Waals surface area (Å²) in [4.78, 5) is 16.0. The minimum Gasteiger partial charge on any atom is -0.348 e. The summed E-state index contributed by atoms with van der Waals surface area (Å²) < 4.78 is 0. The Kier molecular flexibility index (Phi) is 3.33. The van der Waals surface area contributed by atoms with E-state index < -0.39 is 0 Å². The molecule has 1 fully saturated rings. The van der Waals surface area contributed by atoms with Gasteiger partial charge < -0.3 is 4.90 Å². The van der Waals surface area contributed by atoms with E-state index in [1.54, 1.807) is 10.5 Å². The second-order valence-electron chi connectivity index (χ2n) is 6.56. The average molecular weight is 272 g/mol. The van der Waals surface area contributed by atoms with Crippen LogP contribution in [-0.2, 0) is 23.2 Å².